The van der Waals surface area contributed by atoms with Gasteiger partial charge >= 0.3 is 0 Å². The standard InChI is InChI=1S/C17H20FNO/c1-13(14-6-4-3-5-7-14)10-11-19-16-9-8-15(18)12-17(16)20-2/h3-9,12-13,19H,10-11H2,1-2H3. The molecule has 0 amide bonds. The van der Waals surface area contributed by atoms with Crippen LogP contribution >= 0.6 is 0 Å². The van der Waals surface area contributed by atoms with Gasteiger partial charge in [-0.2, -0.15) is 0 Å². The molecule has 1 N–H and O–H groups in total. The first-order valence-corrected chi connectivity index (χ1v) is 6.83. The summed E-state index contributed by atoms with van der Waals surface area (Å²) in [7, 11) is 1.55. The largest absolute Gasteiger partial charge is 0.494 e. The lowest BCUT2D eigenvalue weighted by Crippen LogP contribution is -2.07. The summed E-state index contributed by atoms with van der Waals surface area (Å²) in [6.45, 7) is 3.02. The molecule has 0 radical (unpaired) electrons. The zero-order valence-electron chi connectivity index (χ0n) is 11.9. The second-order valence-corrected chi connectivity index (χ2v) is 4.87. The summed E-state index contributed by atoms with van der Waals surface area (Å²) in [6.07, 6.45) is 1.00. The van der Waals surface area contributed by atoms with Gasteiger partial charge in [0.25, 0.3) is 0 Å². The first kappa shape index (κ1) is 14.4. The quantitative estimate of drug-likeness (QED) is 0.840. The van der Waals surface area contributed by atoms with Crippen LogP contribution in [0.4, 0.5) is 10.1 Å². The molecular weight excluding hydrogens is 253 g/mol. The van der Waals surface area contributed by atoms with Crippen molar-refractivity contribution in [2.75, 3.05) is 19.0 Å². The van der Waals surface area contributed by atoms with Gasteiger partial charge in [-0.15, -0.1) is 0 Å². The lowest BCUT2D eigenvalue weighted by atomic mass is 9.98. The van der Waals surface area contributed by atoms with Crippen molar-refractivity contribution in [3.05, 3.63) is 59.9 Å². The lowest BCUT2D eigenvalue weighted by molar-refractivity contribution is 0.413. The summed E-state index contributed by atoms with van der Waals surface area (Å²) in [5.74, 6) is 0.734. The number of nitrogens with one attached hydrogen (secondary N) is 1. The Kier molecular flexibility index (Phi) is 4.99. The first-order valence-electron chi connectivity index (χ1n) is 6.83. The maximum Gasteiger partial charge on any atom is 0.144 e. The van der Waals surface area contributed by atoms with E-state index in [1.807, 2.05) is 6.07 Å². The summed E-state index contributed by atoms with van der Waals surface area (Å²) in [4.78, 5) is 0. The minimum absolute atomic E-state index is 0.287. The SMILES string of the molecule is COc1cc(F)ccc1NCCC(C)c1ccccc1. The van der Waals surface area contributed by atoms with Crippen LogP contribution < -0.4 is 10.1 Å². The molecule has 1 unspecified atom stereocenters. The Labute approximate surface area is 119 Å². The summed E-state index contributed by atoms with van der Waals surface area (Å²) in [6, 6.07) is 15.0. The van der Waals surface area contributed by atoms with Gasteiger partial charge in [0, 0.05) is 12.6 Å². The van der Waals surface area contributed by atoms with E-state index in [1.54, 1.807) is 13.2 Å². The molecule has 2 aromatic rings. The third-order valence-electron chi connectivity index (χ3n) is 3.42. The molecule has 0 saturated heterocycles. The van der Waals surface area contributed by atoms with Crippen LogP contribution in [-0.2, 0) is 0 Å². The molecular formula is C17H20FNO. The van der Waals surface area contributed by atoms with Crippen molar-refractivity contribution in [3.8, 4) is 5.75 Å². The number of hydrogen-bond acceptors (Lipinski definition) is 2. The molecule has 2 rings (SSSR count). The van der Waals surface area contributed by atoms with E-state index < -0.39 is 0 Å². The van der Waals surface area contributed by atoms with Gasteiger partial charge in [-0.1, -0.05) is 37.3 Å². The maximum absolute atomic E-state index is 13.1. The van der Waals surface area contributed by atoms with Crippen LogP contribution in [0.1, 0.15) is 24.8 Å². The van der Waals surface area contributed by atoms with E-state index >= 15 is 0 Å². The highest BCUT2D eigenvalue weighted by molar-refractivity contribution is 5.56. The van der Waals surface area contributed by atoms with Crippen molar-refractivity contribution in [2.45, 2.75) is 19.3 Å². The number of benzene rings is 2. The van der Waals surface area contributed by atoms with Crippen LogP contribution in [0.2, 0.25) is 0 Å². The Hall–Kier alpha value is -2.03. The van der Waals surface area contributed by atoms with E-state index in [1.165, 1.54) is 17.7 Å². The van der Waals surface area contributed by atoms with Gasteiger partial charge < -0.3 is 10.1 Å². The molecule has 0 saturated carbocycles. The third kappa shape index (κ3) is 3.73. The van der Waals surface area contributed by atoms with Crippen LogP contribution in [0.3, 0.4) is 0 Å². The zero-order valence-corrected chi connectivity index (χ0v) is 11.9. The monoisotopic (exact) mass is 273 g/mol. The molecule has 2 aromatic carbocycles. The second-order valence-electron chi connectivity index (χ2n) is 4.87. The fourth-order valence-electron chi connectivity index (χ4n) is 2.18. The Bertz CT molecular complexity index is 542. The van der Waals surface area contributed by atoms with E-state index in [2.05, 4.69) is 36.5 Å². The molecule has 2 nitrogen and oxygen atoms in total. The van der Waals surface area contributed by atoms with E-state index in [4.69, 9.17) is 4.74 Å². The fraction of sp³-hybridized carbons (Fsp3) is 0.294. The van der Waals surface area contributed by atoms with Gasteiger partial charge in [0.05, 0.1) is 12.8 Å². The molecule has 0 aliphatic rings. The van der Waals surface area contributed by atoms with Crippen molar-refractivity contribution in [1.29, 1.82) is 0 Å². The molecule has 0 spiro atoms. The number of halogens is 1. The minimum atomic E-state index is -0.287. The molecule has 0 aromatic heterocycles. The van der Waals surface area contributed by atoms with Gasteiger partial charge in [-0.3, -0.25) is 0 Å². The highest BCUT2D eigenvalue weighted by Crippen LogP contribution is 2.25. The number of anilines is 1. The highest BCUT2D eigenvalue weighted by atomic mass is 19.1. The van der Waals surface area contributed by atoms with Gasteiger partial charge in [-0.05, 0) is 30.0 Å². The summed E-state index contributed by atoms with van der Waals surface area (Å²) in [5.41, 5.74) is 2.16. The van der Waals surface area contributed by atoms with Crippen LogP contribution in [0.25, 0.3) is 0 Å². The molecule has 0 aliphatic carbocycles. The minimum Gasteiger partial charge on any atom is -0.494 e. The van der Waals surface area contributed by atoms with E-state index in [9.17, 15) is 4.39 Å². The van der Waals surface area contributed by atoms with Gasteiger partial charge in [0.2, 0.25) is 0 Å². The highest BCUT2D eigenvalue weighted by Gasteiger charge is 2.07. The van der Waals surface area contributed by atoms with Gasteiger partial charge in [0.1, 0.15) is 11.6 Å². The maximum atomic E-state index is 13.1. The molecule has 0 bridgehead atoms. The summed E-state index contributed by atoms with van der Waals surface area (Å²) >= 11 is 0. The van der Waals surface area contributed by atoms with Crippen LogP contribution in [0.5, 0.6) is 5.75 Å². The first-order chi connectivity index (χ1) is 9.70. The fourth-order valence-corrected chi connectivity index (χ4v) is 2.18. The average Bonchev–Trinajstić information content (AvgIpc) is 2.49. The number of ether oxygens (including phenoxy) is 1. The normalized spacial score (nSPS) is 11.9. The topological polar surface area (TPSA) is 21.3 Å². The second kappa shape index (κ2) is 6.94. The Morgan fingerprint density at radius 2 is 1.90 bits per heavy atom. The molecule has 3 heteroatoms. The van der Waals surface area contributed by atoms with Gasteiger partial charge in [0.15, 0.2) is 0 Å². The zero-order chi connectivity index (χ0) is 14.4. The molecule has 20 heavy (non-hydrogen) atoms. The van der Waals surface area contributed by atoms with Gasteiger partial charge in [-0.25, -0.2) is 4.39 Å². The molecule has 0 heterocycles. The smallest absolute Gasteiger partial charge is 0.144 e. The predicted octanol–water partition coefficient (Wildman–Crippen LogP) is 4.44. The van der Waals surface area contributed by atoms with Crippen LogP contribution in [-0.4, -0.2) is 13.7 Å². The van der Waals surface area contributed by atoms with Crippen molar-refractivity contribution in [1.82, 2.24) is 0 Å². The number of rotatable bonds is 6. The molecule has 0 aliphatic heterocycles. The Morgan fingerprint density at radius 3 is 2.60 bits per heavy atom. The third-order valence-corrected chi connectivity index (χ3v) is 3.42. The predicted molar refractivity (Wildman–Crippen MR) is 80.9 cm³/mol. The molecule has 1 atom stereocenters. The summed E-state index contributed by atoms with van der Waals surface area (Å²) < 4.78 is 18.3. The summed E-state index contributed by atoms with van der Waals surface area (Å²) in [5, 5.41) is 3.30. The van der Waals surface area contributed by atoms with E-state index in [0.717, 1.165) is 18.7 Å². The Balaban J connectivity index is 1.90. The van der Waals surface area contributed by atoms with Crippen LogP contribution in [0.15, 0.2) is 48.5 Å². The van der Waals surface area contributed by atoms with E-state index in [0.29, 0.717) is 11.7 Å². The van der Waals surface area contributed by atoms with Crippen molar-refractivity contribution >= 4 is 5.69 Å². The van der Waals surface area contributed by atoms with E-state index in [-0.39, 0.29) is 5.82 Å². The molecule has 106 valence electrons. The lowest BCUT2D eigenvalue weighted by Gasteiger charge is -2.14. The number of methoxy groups -OCH3 is 1. The van der Waals surface area contributed by atoms with Crippen LogP contribution in [0, 0.1) is 5.82 Å². The number of hydrogen-bond donors (Lipinski definition) is 1. The molecule has 0 fully saturated rings. The van der Waals surface area contributed by atoms with Crippen molar-refractivity contribution in [3.63, 3.8) is 0 Å². The average molecular weight is 273 g/mol. The van der Waals surface area contributed by atoms with Crippen molar-refractivity contribution < 1.29 is 9.13 Å². The Morgan fingerprint density at radius 1 is 1.15 bits per heavy atom. The van der Waals surface area contributed by atoms with Crippen molar-refractivity contribution in [2.24, 2.45) is 0 Å².